The molecule has 3 atom stereocenters. The Kier molecular flexibility index (Phi) is 4.47. The van der Waals surface area contributed by atoms with E-state index in [1.165, 1.54) is 24.8 Å². The molecule has 0 aliphatic heterocycles. The third-order valence-corrected chi connectivity index (χ3v) is 4.33. The highest BCUT2D eigenvalue weighted by Crippen LogP contribution is 2.35. The van der Waals surface area contributed by atoms with Gasteiger partial charge in [0.25, 0.3) is 0 Å². The second-order valence-corrected chi connectivity index (χ2v) is 5.94. The highest BCUT2D eigenvalue weighted by molar-refractivity contribution is 6.30. The molecule has 0 radical (unpaired) electrons. The van der Waals surface area contributed by atoms with Crippen molar-refractivity contribution in [2.45, 2.75) is 32.6 Å². The fourth-order valence-corrected chi connectivity index (χ4v) is 3.30. The average molecular weight is 252 g/mol. The van der Waals surface area contributed by atoms with Crippen LogP contribution in [-0.4, -0.2) is 6.54 Å². The number of rotatable bonds is 3. The van der Waals surface area contributed by atoms with Crippen LogP contribution in [0.1, 0.15) is 31.7 Å². The lowest BCUT2D eigenvalue weighted by atomic mass is 9.72. The summed E-state index contributed by atoms with van der Waals surface area (Å²) in [5.74, 6) is 2.29. The summed E-state index contributed by atoms with van der Waals surface area (Å²) in [6, 6.07) is 8.25. The smallest absolute Gasteiger partial charge is 0.0408 e. The zero-order valence-corrected chi connectivity index (χ0v) is 11.3. The maximum Gasteiger partial charge on any atom is 0.0408 e. The number of halogens is 1. The molecule has 0 spiro atoms. The summed E-state index contributed by atoms with van der Waals surface area (Å²) in [6.07, 6.45) is 5.08. The monoisotopic (exact) mass is 251 g/mol. The number of benzene rings is 1. The molecule has 1 fully saturated rings. The summed E-state index contributed by atoms with van der Waals surface area (Å²) in [4.78, 5) is 0. The Bertz CT molecular complexity index is 364. The van der Waals surface area contributed by atoms with Crippen molar-refractivity contribution in [2.24, 2.45) is 23.5 Å². The minimum Gasteiger partial charge on any atom is -0.330 e. The molecule has 0 heterocycles. The predicted molar refractivity (Wildman–Crippen MR) is 74.2 cm³/mol. The van der Waals surface area contributed by atoms with Crippen LogP contribution in [0.5, 0.6) is 0 Å². The molecule has 0 saturated heterocycles. The number of hydrogen-bond donors (Lipinski definition) is 1. The molecule has 1 saturated carbocycles. The Morgan fingerprint density at radius 3 is 2.82 bits per heavy atom. The molecule has 1 aromatic carbocycles. The van der Waals surface area contributed by atoms with Gasteiger partial charge in [-0.25, -0.2) is 0 Å². The summed E-state index contributed by atoms with van der Waals surface area (Å²) in [6.45, 7) is 3.19. The molecule has 1 aliphatic carbocycles. The molecule has 1 aromatic rings. The Balaban J connectivity index is 2.04. The topological polar surface area (TPSA) is 26.0 Å². The van der Waals surface area contributed by atoms with Gasteiger partial charge in [0, 0.05) is 5.02 Å². The molecule has 1 nitrogen and oxygen atoms in total. The van der Waals surface area contributed by atoms with Gasteiger partial charge in [0.15, 0.2) is 0 Å². The van der Waals surface area contributed by atoms with Gasteiger partial charge >= 0.3 is 0 Å². The number of hydrogen-bond acceptors (Lipinski definition) is 1. The van der Waals surface area contributed by atoms with Crippen LogP contribution in [0.3, 0.4) is 0 Å². The van der Waals surface area contributed by atoms with Crippen LogP contribution in [0.4, 0.5) is 0 Å². The fourth-order valence-electron chi connectivity index (χ4n) is 3.09. The molecule has 2 heteroatoms. The Morgan fingerprint density at radius 2 is 2.12 bits per heavy atom. The molecule has 0 bridgehead atoms. The fraction of sp³-hybridized carbons (Fsp3) is 0.600. The van der Waals surface area contributed by atoms with Crippen molar-refractivity contribution in [1.29, 1.82) is 0 Å². The lowest BCUT2D eigenvalue weighted by Gasteiger charge is -2.34. The molecule has 0 amide bonds. The van der Waals surface area contributed by atoms with E-state index >= 15 is 0 Å². The van der Waals surface area contributed by atoms with Crippen LogP contribution in [0, 0.1) is 17.8 Å². The Morgan fingerprint density at radius 1 is 1.29 bits per heavy atom. The maximum absolute atomic E-state index is 6.04. The van der Waals surface area contributed by atoms with Crippen LogP contribution >= 0.6 is 11.6 Å². The van der Waals surface area contributed by atoms with E-state index in [4.69, 9.17) is 17.3 Å². The van der Waals surface area contributed by atoms with E-state index in [9.17, 15) is 0 Å². The quantitative estimate of drug-likeness (QED) is 0.867. The molecule has 17 heavy (non-hydrogen) atoms. The van der Waals surface area contributed by atoms with Crippen molar-refractivity contribution in [3.05, 3.63) is 34.9 Å². The largest absolute Gasteiger partial charge is 0.330 e. The molecule has 1 aliphatic rings. The molecule has 2 N–H and O–H groups in total. The van der Waals surface area contributed by atoms with E-state index in [1.54, 1.807) is 0 Å². The van der Waals surface area contributed by atoms with Crippen molar-refractivity contribution in [3.8, 4) is 0 Å². The van der Waals surface area contributed by atoms with Crippen molar-refractivity contribution < 1.29 is 0 Å². The first-order valence-electron chi connectivity index (χ1n) is 6.63. The minimum absolute atomic E-state index is 0.699. The first kappa shape index (κ1) is 12.9. The molecule has 0 aromatic heterocycles. The van der Waals surface area contributed by atoms with Crippen molar-refractivity contribution in [2.75, 3.05) is 6.54 Å². The summed E-state index contributed by atoms with van der Waals surface area (Å²) in [5.41, 5.74) is 7.25. The van der Waals surface area contributed by atoms with Crippen molar-refractivity contribution >= 4 is 11.6 Å². The molecule has 2 rings (SSSR count). The van der Waals surface area contributed by atoms with Crippen LogP contribution in [-0.2, 0) is 6.42 Å². The summed E-state index contributed by atoms with van der Waals surface area (Å²) >= 11 is 6.04. The Hall–Kier alpha value is -0.530. The number of nitrogens with two attached hydrogens (primary N) is 1. The molecular weight excluding hydrogens is 230 g/mol. The van der Waals surface area contributed by atoms with E-state index < -0.39 is 0 Å². The molecule has 94 valence electrons. The second kappa shape index (κ2) is 5.88. The second-order valence-electron chi connectivity index (χ2n) is 5.51. The van der Waals surface area contributed by atoms with Gasteiger partial charge in [0.05, 0.1) is 0 Å². The van der Waals surface area contributed by atoms with Crippen molar-refractivity contribution in [1.82, 2.24) is 0 Å². The van der Waals surface area contributed by atoms with Gasteiger partial charge in [-0.2, -0.15) is 0 Å². The highest BCUT2D eigenvalue weighted by atomic mass is 35.5. The van der Waals surface area contributed by atoms with E-state index in [0.29, 0.717) is 5.92 Å². The van der Waals surface area contributed by atoms with Crippen LogP contribution < -0.4 is 5.73 Å². The van der Waals surface area contributed by atoms with Crippen LogP contribution in [0.2, 0.25) is 5.02 Å². The van der Waals surface area contributed by atoms with Gasteiger partial charge in [-0.05, 0) is 61.3 Å². The van der Waals surface area contributed by atoms with Crippen LogP contribution in [0.15, 0.2) is 24.3 Å². The van der Waals surface area contributed by atoms with E-state index in [-0.39, 0.29) is 0 Å². The summed E-state index contributed by atoms with van der Waals surface area (Å²) < 4.78 is 0. The summed E-state index contributed by atoms with van der Waals surface area (Å²) in [7, 11) is 0. The minimum atomic E-state index is 0.699. The highest BCUT2D eigenvalue weighted by Gasteiger charge is 2.27. The predicted octanol–water partition coefficient (Wildman–Crippen LogP) is 3.89. The zero-order valence-electron chi connectivity index (χ0n) is 10.5. The van der Waals surface area contributed by atoms with Gasteiger partial charge in [-0.3, -0.25) is 0 Å². The molecule has 3 unspecified atom stereocenters. The first-order chi connectivity index (χ1) is 8.19. The summed E-state index contributed by atoms with van der Waals surface area (Å²) in [5, 5.41) is 0.843. The van der Waals surface area contributed by atoms with Gasteiger partial charge in [0.1, 0.15) is 0 Å². The Labute approximate surface area is 109 Å². The third-order valence-electron chi connectivity index (χ3n) is 4.09. The first-order valence-corrected chi connectivity index (χ1v) is 7.01. The van der Waals surface area contributed by atoms with E-state index in [1.807, 2.05) is 12.1 Å². The lowest BCUT2D eigenvalue weighted by molar-refractivity contribution is 0.193. The van der Waals surface area contributed by atoms with Crippen LogP contribution in [0.25, 0.3) is 0 Å². The van der Waals surface area contributed by atoms with E-state index in [2.05, 4.69) is 19.1 Å². The van der Waals surface area contributed by atoms with Gasteiger partial charge < -0.3 is 5.73 Å². The SMILES string of the molecule is CC1CCC(CN)C(Cc2cccc(Cl)c2)C1. The average Bonchev–Trinajstić information content (AvgIpc) is 2.29. The van der Waals surface area contributed by atoms with Crippen molar-refractivity contribution in [3.63, 3.8) is 0 Å². The maximum atomic E-state index is 6.04. The lowest BCUT2D eigenvalue weighted by Crippen LogP contribution is -2.31. The van der Waals surface area contributed by atoms with Gasteiger partial charge in [-0.1, -0.05) is 37.1 Å². The van der Waals surface area contributed by atoms with Gasteiger partial charge in [0.2, 0.25) is 0 Å². The van der Waals surface area contributed by atoms with Gasteiger partial charge in [-0.15, -0.1) is 0 Å². The third kappa shape index (κ3) is 3.46. The molecular formula is C15H22ClN. The zero-order chi connectivity index (χ0) is 12.3. The van der Waals surface area contributed by atoms with E-state index in [0.717, 1.165) is 29.8 Å². The normalized spacial score (nSPS) is 29.2. The standard InChI is InChI=1S/C15H22ClN/c1-11-5-6-13(10-17)14(7-11)8-12-3-2-4-15(16)9-12/h2-4,9,11,13-14H,5-8,10,17H2,1H3.